The number of hydrogen-bond acceptors (Lipinski definition) is 5. The summed E-state index contributed by atoms with van der Waals surface area (Å²) in [7, 11) is 4.28. The lowest BCUT2D eigenvalue weighted by Crippen LogP contribution is -2.37. The van der Waals surface area contributed by atoms with Crippen molar-refractivity contribution >= 4 is 22.7 Å². The van der Waals surface area contributed by atoms with Crippen LogP contribution < -0.4 is 10.6 Å². The summed E-state index contributed by atoms with van der Waals surface area (Å²) in [5.41, 5.74) is 6.74. The number of benzene rings is 1. The van der Waals surface area contributed by atoms with Crippen molar-refractivity contribution < 1.29 is 0 Å². The van der Waals surface area contributed by atoms with Crippen LogP contribution in [0.4, 0.5) is 11.8 Å². The van der Waals surface area contributed by atoms with E-state index < -0.39 is 0 Å². The Morgan fingerprint density at radius 3 is 2.90 bits per heavy atom. The molecule has 1 aromatic carbocycles. The number of nitrogens with two attached hydrogens (primary N) is 1. The number of nitrogen functional groups attached to an aromatic ring is 1. The molecule has 0 spiro atoms. The number of likely N-dealkylation sites (N-methyl/N-ethyl adjacent to an activating group) is 2. The van der Waals surface area contributed by atoms with Crippen LogP contribution in [0.1, 0.15) is 12.8 Å². The van der Waals surface area contributed by atoms with Crippen molar-refractivity contribution in [2.45, 2.75) is 18.9 Å². The van der Waals surface area contributed by atoms with E-state index in [1.807, 2.05) is 18.2 Å². The number of likely N-dealkylation sites (tertiary alicyclic amines) is 1. The van der Waals surface area contributed by atoms with E-state index >= 15 is 0 Å². The molecule has 0 radical (unpaired) electrons. The maximum absolute atomic E-state index is 5.84. The largest absolute Gasteiger partial charge is 0.368 e. The summed E-state index contributed by atoms with van der Waals surface area (Å²) >= 11 is 0. The van der Waals surface area contributed by atoms with Gasteiger partial charge in [0, 0.05) is 25.0 Å². The molecule has 20 heavy (non-hydrogen) atoms. The molecule has 1 unspecified atom stereocenters. The van der Waals surface area contributed by atoms with Crippen molar-refractivity contribution in [3.63, 3.8) is 0 Å². The number of para-hydroxylation sites is 1. The Morgan fingerprint density at radius 2 is 2.15 bits per heavy atom. The lowest BCUT2D eigenvalue weighted by molar-refractivity contribution is 0.314. The van der Waals surface area contributed by atoms with Gasteiger partial charge in [-0.2, -0.15) is 4.98 Å². The van der Waals surface area contributed by atoms with E-state index in [0.29, 0.717) is 12.0 Å². The Hall–Kier alpha value is -1.88. The molecule has 1 fully saturated rings. The Kier molecular flexibility index (Phi) is 3.44. The lowest BCUT2D eigenvalue weighted by Gasteiger charge is -2.27. The molecular formula is C15H21N5. The van der Waals surface area contributed by atoms with Crippen LogP contribution in [0.15, 0.2) is 24.3 Å². The summed E-state index contributed by atoms with van der Waals surface area (Å²) < 4.78 is 0. The molecule has 1 aromatic heterocycles. The summed E-state index contributed by atoms with van der Waals surface area (Å²) in [6, 6.07) is 8.62. The molecule has 2 aromatic rings. The molecule has 0 amide bonds. The van der Waals surface area contributed by atoms with E-state index in [9.17, 15) is 0 Å². The number of nitrogens with zero attached hydrogens (tertiary/aromatic N) is 4. The summed E-state index contributed by atoms with van der Waals surface area (Å²) in [6.45, 7) is 2.15. The highest BCUT2D eigenvalue weighted by Crippen LogP contribution is 2.25. The predicted octanol–water partition coefficient (Wildman–Crippen LogP) is 1.74. The SMILES string of the molecule is CN(CC1CCCN1C)c1nc(N)nc2ccccc12. The number of fused-ring (bicyclic) bond motifs is 1. The van der Waals surface area contributed by atoms with E-state index in [4.69, 9.17) is 5.73 Å². The highest BCUT2D eigenvalue weighted by Gasteiger charge is 2.23. The average molecular weight is 271 g/mol. The molecule has 2 heterocycles. The zero-order chi connectivity index (χ0) is 14.1. The molecule has 3 rings (SSSR count). The molecule has 2 N–H and O–H groups in total. The fraction of sp³-hybridized carbons (Fsp3) is 0.467. The van der Waals surface area contributed by atoms with Gasteiger partial charge in [-0.25, -0.2) is 4.98 Å². The normalized spacial score (nSPS) is 19.6. The first-order valence-electron chi connectivity index (χ1n) is 7.09. The highest BCUT2D eigenvalue weighted by molar-refractivity contribution is 5.90. The Morgan fingerprint density at radius 1 is 1.35 bits per heavy atom. The Balaban J connectivity index is 1.92. The minimum Gasteiger partial charge on any atom is -0.368 e. The number of aromatic nitrogens is 2. The van der Waals surface area contributed by atoms with Crippen LogP contribution in [-0.2, 0) is 0 Å². The first-order chi connectivity index (χ1) is 9.65. The van der Waals surface area contributed by atoms with Crippen molar-refractivity contribution in [3.05, 3.63) is 24.3 Å². The monoisotopic (exact) mass is 271 g/mol. The van der Waals surface area contributed by atoms with Crippen LogP contribution in [0.5, 0.6) is 0 Å². The minimum absolute atomic E-state index is 0.338. The van der Waals surface area contributed by atoms with Gasteiger partial charge in [0.05, 0.1) is 5.52 Å². The van der Waals surface area contributed by atoms with E-state index in [1.165, 1.54) is 19.4 Å². The van der Waals surface area contributed by atoms with Gasteiger partial charge in [0.1, 0.15) is 5.82 Å². The second-order valence-corrected chi connectivity index (χ2v) is 5.58. The topological polar surface area (TPSA) is 58.3 Å². The summed E-state index contributed by atoms with van der Waals surface area (Å²) in [4.78, 5) is 13.4. The molecule has 0 bridgehead atoms. The van der Waals surface area contributed by atoms with Gasteiger partial charge in [-0.1, -0.05) is 12.1 Å². The fourth-order valence-corrected chi connectivity index (χ4v) is 2.98. The van der Waals surface area contributed by atoms with Gasteiger partial charge in [-0.15, -0.1) is 0 Å². The minimum atomic E-state index is 0.338. The number of rotatable bonds is 3. The standard InChI is InChI=1S/C15H21N5/c1-19-9-5-6-11(19)10-20(2)14-12-7-3-4-8-13(12)17-15(16)18-14/h3-4,7-8,11H,5-6,9-10H2,1-2H3,(H2,16,17,18). The van der Waals surface area contributed by atoms with Crippen LogP contribution in [0.25, 0.3) is 10.9 Å². The van der Waals surface area contributed by atoms with Crippen LogP contribution in [-0.4, -0.2) is 48.1 Å². The fourth-order valence-electron chi connectivity index (χ4n) is 2.98. The van der Waals surface area contributed by atoms with Gasteiger partial charge in [0.15, 0.2) is 0 Å². The molecule has 1 aliphatic heterocycles. The molecule has 1 aliphatic rings. The van der Waals surface area contributed by atoms with E-state index in [-0.39, 0.29) is 0 Å². The zero-order valence-corrected chi connectivity index (χ0v) is 12.1. The molecule has 106 valence electrons. The van der Waals surface area contributed by atoms with E-state index in [0.717, 1.165) is 23.3 Å². The zero-order valence-electron chi connectivity index (χ0n) is 12.1. The van der Waals surface area contributed by atoms with Gasteiger partial charge >= 0.3 is 0 Å². The number of hydrogen-bond donors (Lipinski definition) is 1. The molecule has 5 nitrogen and oxygen atoms in total. The Labute approximate surface area is 119 Å². The van der Waals surface area contributed by atoms with Gasteiger partial charge < -0.3 is 15.5 Å². The van der Waals surface area contributed by atoms with Crippen molar-refractivity contribution in [2.24, 2.45) is 0 Å². The van der Waals surface area contributed by atoms with Crippen molar-refractivity contribution in [1.82, 2.24) is 14.9 Å². The quantitative estimate of drug-likeness (QED) is 0.921. The van der Waals surface area contributed by atoms with Gasteiger partial charge in [-0.3, -0.25) is 0 Å². The average Bonchev–Trinajstić information content (AvgIpc) is 2.83. The molecule has 0 aliphatic carbocycles. The third kappa shape index (κ3) is 2.41. The lowest BCUT2D eigenvalue weighted by atomic mass is 10.2. The smallest absolute Gasteiger partial charge is 0.222 e. The molecule has 1 atom stereocenters. The van der Waals surface area contributed by atoms with Crippen LogP contribution in [0.2, 0.25) is 0 Å². The number of anilines is 2. The van der Waals surface area contributed by atoms with Gasteiger partial charge in [-0.05, 0) is 38.6 Å². The third-order valence-electron chi connectivity index (χ3n) is 4.12. The highest BCUT2D eigenvalue weighted by atomic mass is 15.2. The molecule has 5 heteroatoms. The van der Waals surface area contributed by atoms with Crippen molar-refractivity contribution in [2.75, 3.05) is 37.8 Å². The van der Waals surface area contributed by atoms with Crippen molar-refractivity contribution in [1.29, 1.82) is 0 Å². The van der Waals surface area contributed by atoms with Crippen molar-refractivity contribution in [3.8, 4) is 0 Å². The van der Waals surface area contributed by atoms with Crippen LogP contribution >= 0.6 is 0 Å². The van der Waals surface area contributed by atoms with Gasteiger partial charge in [0.25, 0.3) is 0 Å². The second-order valence-electron chi connectivity index (χ2n) is 5.58. The second kappa shape index (κ2) is 5.25. The maximum atomic E-state index is 5.84. The summed E-state index contributed by atoms with van der Waals surface area (Å²) in [5, 5.41) is 1.06. The third-order valence-corrected chi connectivity index (χ3v) is 4.12. The van der Waals surface area contributed by atoms with E-state index in [2.05, 4.69) is 39.9 Å². The maximum Gasteiger partial charge on any atom is 0.222 e. The first-order valence-corrected chi connectivity index (χ1v) is 7.09. The van der Waals surface area contributed by atoms with Crippen LogP contribution in [0.3, 0.4) is 0 Å². The molecule has 0 saturated carbocycles. The van der Waals surface area contributed by atoms with Gasteiger partial charge in [0.2, 0.25) is 5.95 Å². The van der Waals surface area contributed by atoms with E-state index in [1.54, 1.807) is 0 Å². The Bertz CT molecular complexity index is 612. The first kappa shape index (κ1) is 13.1. The summed E-state index contributed by atoms with van der Waals surface area (Å²) in [5.74, 6) is 1.26. The molecular weight excluding hydrogens is 250 g/mol. The van der Waals surface area contributed by atoms with Crippen LogP contribution in [0, 0.1) is 0 Å². The summed E-state index contributed by atoms with van der Waals surface area (Å²) in [6.07, 6.45) is 2.53. The molecule has 1 saturated heterocycles. The predicted molar refractivity (Wildman–Crippen MR) is 82.9 cm³/mol.